The second kappa shape index (κ2) is 6.20. The molecule has 1 aromatic heterocycles. The number of aliphatic hydroxyl groups is 1. The minimum Gasteiger partial charge on any atom is -0.497 e. The molecule has 4 nitrogen and oxygen atoms in total. The van der Waals surface area contributed by atoms with Gasteiger partial charge < -0.3 is 14.6 Å². The van der Waals surface area contributed by atoms with Crippen molar-refractivity contribution in [3.8, 4) is 17.2 Å². The van der Waals surface area contributed by atoms with Gasteiger partial charge in [0.05, 0.1) is 25.1 Å². The molecule has 1 N–H and O–H groups in total. The molecule has 4 heteroatoms. The minimum atomic E-state index is -0.518. The molecule has 1 heterocycles. The lowest BCUT2D eigenvalue weighted by molar-refractivity contribution is 0.169. The van der Waals surface area contributed by atoms with Gasteiger partial charge in [-0.15, -0.1) is 0 Å². The van der Waals surface area contributed by atoms with Crippen molar-refractivity contribution in [2.75, 3.05) is 7.11 Å². The maximum atomic E-state index is 9.65. The van der Waals surface area contributed by atoms with Crippen LogP contribution in [0.5, 0.6) is 17.2 Å². The first-order valence-electron chi connectivity index (χ1n) is 6.19. The van der Waals surface area contributed by atoms with Crippen LogP contribution in [0.25, 0.3) is 0 Å². The van der Waals surface area contributed by atoms with Gasteiger partial charge in [-0.2, -0.15) is 0 Å². The van der Waals surface area contributed by atoms with Gasteiger partial charge in [-0.05, 0) is 42.8 Å². The lowest BCUT2D eigenvalue weighted by Crippen LogP contribution is -1.98. The summed E-state index contributed by atoms with van der Waals surface area (Å²) in [5.74, 6) is 2.13. The Labute approximate surface area is 112 Å². The summed E-state index contributed by atoms with van der Waals surface area (Å²) in [5, 5.41) is 9.65. The fraction of sp³-hybridized carbons (Fsp3) is 0.267. The summed E-state index contributed by atoms with van der Waals surface area (Å²) in [4.78, 5) is 4.18. The van der Waals surface area contributed by atoms with Gasteiger partial charge in [0.15, 0.2) is 0 Å². The molecule has 2 aromatic rings. The first kappa shape index (κ1) is 13.4. The van der Waals surface area contributed by atoms with E-state index in [0.717, 1.165) is 5.75 Å². The maximum absolute atomic E-state index is 9.65. The van der Waals surface area contributed by atoms with Crippen LogP contribution >= 0.6 is 0 Å². The van der Waals surface area contributed by atoms with E-state index in [4.69, 9.17) is 9.47 Å². The van der Waals surface area contributed by atoms with Gasteiger partial charge in [-0.3, -0.25) is 4.98 Å². The number of pyridine rings is 1. The zero-order chi connectivity index (χ0) is 13.7. The van der Waals surface area contributed by atoms with Crippen molar-refractivity contribution in [1.29, 1.82) is 0 Å². The number of nitrogens with zero attached hydrogens (tertiary/aromatic N) is 1. The Morgan fingerprint density at radius 2 is 1.68 bits per heavy atom. The van der Waals surface area contributed by atoms with Crippen LogP contribution < -0.4 is 9.47 Å². The molecular weight excluding hydrogens is 242 g/mol. The van der Waals surface area contributed by atoms with Gasteiger partial charge in [0.25, 0.3) is 0 Å². The van der Waals surface area contributed by atoms with Crippen molar-refractivity contribution < 1.29 is 14.6 Å². The van der Waals surface area contributed by atoms with E-state index in [-0.39, 0.29) is 0 Å². The number of hydrogen-bond donors (Lipinski definition) is 1. The Balaban J connectivity index is 2.06. The molecule has 0 aliphatic carbocycles. The first-order valence-corrected chi connectivity index (χ1v) is 6.19. The van der Waals surface area contributed by atoms with E-state index in [9.17, 15) is 5.11 Å². The minimum absolute atomic E-state index is 0.518. The average molecular weight is 259 g/mol. The third-order valence-electron chi connectivity index (χ3n) is 2.78. The van der Waals surface area contributed by atoms with Crippen molar-refractivity contribution >= 4 is 0 Å². The van der Waals surface area contributed by atoms with Crippen LogP contribution in [-0.2, 0) is 0 Å². The highest BCUT2D eigenvalue weighted by atomic mass is 16.5. The Bertz CT molecular complexity index is 508. The fourth-order valence-corrected chi connectivity index (χ4v) is 1.64. The molecule has 2 rings (SSSR count). The molecule has 100 valence electrons. The Morgan fingerprint density at radius 3 is 2.21 bits per heavy atom. The number of hydrogen-bond acceptors (Lipinski definition) is 4. The third-order valence-corrected chi connectivity index (χ3v) is 2.78. The monoisotopic (exact) mass is 259 g/mol. The van der Waals surface area contributed by atoms with Crippen LogP contribution in [0.3, 0.4) is 0 Å². The fourth-order valence-electron chi connectivity index (χ4n) is 1.64. The standard InChI is InChI=1S/C15H17NO3/c1-3-15(17)14-9-8-13(10-16-14)19-12-6-4-11(18-2)5-7-12/h4-10,15,17H,3H2,1-2H3. The second-order valence-electron chi connectivity index (χ2n) is 4.12. The second-order valence-corrected chi connectivity index (χ2v) is 4.12. The SMILES string of the molecule is CCC(O)c1ccc(Oc2ccc(OC)cc2)cn1. The third kappa shape index (κ3) is 3.45. The molecule has 0 bridgehead atoms. The van der Waals surface area contributed by atoms with Gasteiger partial charge in [0.2, 0.25) is 0 Å². The number of aromatic nitrogens is 1. The number of aliphatic hydroxyl groups excluding tert-OH is 1. The molecule has 0 fully saturated rings. The van der Waals surface area contributed by atoms with E-state index in [2.05, 4.69) is 4.98 Å². The van der Waals surface area contributed by atoms with Crippen LogP contribution in [0.1, 0.15) is 25.1 Å². The molecule has 0 aliphatic heterocycles. The molecule has 1 atom stereocenters. The topological polar surface area (TPSA) is 51.6 Å². The van der Waals surface area contributed by atoms with E-state index in [1.807, 2.05) is 31.2 Å². The number of methoxy groups -OCH3 is 1. The number of rotatable bonds is 5. The molecule has 0 aliphatic rings. The highest BCUT2D eigenvalue weighted by Crippen LogP contribution is 2.24. The largest absolute Gasteiger partial charge is 0.497 e. The molecule has 19 heavy (non-hydrogen) atoms. The van der Waals surface area contributed by atoms with Gasteiger partial charge in [-0.25, -0.2) is 0 Å². The summed E-state index contributed by atoms with van der Waals surface area (Å²) in [6.07, 6.45) is 1.74. The molecule has 1 unspecified atom stereocenters. The van der Waals surface area contributed by atoms with Crippen LogP contribution in [-0.4, -0.2) is 17.2 Å². The highest BCUT2D eigenvalue weighted by molar-refractivity contribution is 5.34. The van der Waals surface area contributed by atoms with Crippen LogP contribution in [0.4, 0.5) is 0 Å². The smallest absolute Gasteiger partial charge is 0.145 e. The summed E-state index contributed by atoms with van der Waals surface area (Å²) in [7, 11) is 1.62. The number of benzene rings is 1. The van der Waals surface area contributed by atoms with E-state index >= 15 is 0 Å². The molecule has 0 amide bonds. The highest BCUT2D eigenvalue weighted by Gasteiger charge is 2.06. The molecule has 0 radical (unpaired) electrons. The summed E-state index contributed by atoms with van der Waals surface area (Å²) < 4.78 is 10.7. The van der Waals surface area contributed by atoms with Crippen molar-refractivity contribution in [3.63, 3.8) is 0 Å². The van der Waals surface area contributed by atoms with Crippen molar-refractivity contribution in [3.05, 3.63) is 48.3 Å². The summed E-state index contributed by atoms with van der Waals surface area (Å²) in [6, 6.07) is 10.9. The molecular formula is C15H17NO3. The molecule has 0 spiro atoms. The Morgan fingerprint density at radius 1 is 1.05 bits per heavy atom. The van der Waals surface area contributed by atoms with Crippen molar-refractivity contribution in [2.45, 2.75) is 19.4 Å². The summed E-state index contributed by atoms with van der Waals surface area (Å²) in [5.41, 5.74) is 0.657. The Hall–Kier alpha value is -2.07. The van der Waals surface area contributed by atoms with Gasteiger partial charge in [0.1, 0.15) is 17.2 Å². The van der Waals surface area contributed by atoms with Crippen molar-refractivity contribution in [1.82, 2.24) is 4.98 Å². The Kier molecular flexibility index (Phi) is 4.36. The van der Waals surface area contributed by atoms with Gasteiger partial charge in [-0.1, -0.05) is 6.92 Å². The van der Waals surface area contributed by atoms with Crippen LogP contribution in [0, 0.1) is 0 Å². The van der Waals surface area contributed by atoms with Crippen molar-refractivity contribution in [2.24, 2.45) is 0 Å². The predicted octanol–water partition coefficient (Wildman–Crippen LogP) is 3.33. The van der Waals surface area contributed by atoms with Crippen LogP contribution in [0.2, 0.25) is 0 Å². The average Bonchev–Trinajstić information content (AvgIpc) is 2.48. The quantitative estimate of drug-likeness (QED) is 0.894. The zero-order valence-corrected chi connectivity index (χ0v) is 11.0. The number of ether oxygens (including phenoxy) is 2. The summed E-state index contributed by atoms with van der Waals surface area (Å²) in [6.45, 7) is 1.91. The molecule has 1 aromatic carbocycles. The maximum Gasteiger partial charge on any atom is 0.145 e. The molecule has 0 saturated heterocycles. The van der Waals surface area contributed by atoms with E-state index < -0.39 is 6.10 Å². The lowest BCUT2D eigenvalue weighted by atomic mass is 10.2. The van der Waals surface area contributed by atoms with E-state index in [0.29, 0.717) is 23.6 Å². The van der Waals surface area contributed by atoms with E-state index in [1.165, 1.54) is 0 Å². The van der Waals surface area contributed by atoms with Gasteiger partial charge >= 0.3 is 0 Å². The van der Waals surface area contributed by atoms with Crippen LogP contribution in [0.15, 0.2) is 42.6 Å². The normalized spacial score (nSPS) is 11.9. The summed E-state index contributed by atoms with van der Waals surface area (Å²) >= 11 is 0. The van der Waals surface area contributed by atoms with E-state index in [1.54, 1.807) is 25.4 Å². The zero-order valence-electron chi connectivity index (χ0n) is 11.0. The first-order chi connectivity index (χ1) is 9.22. The predicted molar refractivity (Wildman–Crippen MR) is 72.6 cm³/mol. The molecule has 0 saturated carbocycles. The van der Waals surface area contributed by atoms with Gasteiger partial charge in [0, 0.05) is 0 Å². The lowest BCUT2D eigenvalue weighted by Gasteiger charge is -2.09.